The number of likely N-dealkylation sites (tertiary alicyclic amines) is 1. The number of anilines is 1. The van der Waals surface area contributed by atoms with Crippen molar-refractivity contribution < 1.29 is 14.3 Å². The van der Waals surface area contributed by atoms with Gasteiger partial charge in [0.2, 0.25) is 5.95 Å². The lowest BCUT2D eigenvalue weighted by molar-refractivity contribution is 0.0197. The lowest BCUT2D eigenvalue weighted by atomic mass is 9.92. The van der Waals surface area contributed by atoms with E-state index < -0.39 is 5.60 Å². The van der Waals surface area contributed by atoms with Crippen LogP contribution in [0.15, 0.2) is 37.1 Å². The molecule has 1 unspecified atom stereocenters. The molecule has 4 rings (SSSR count). The second-order valence-corrected chi connectivity index (χ2v) is 8.64. The van der Waals surface area contributed by atoms with E-state index in [-0.39, 0.29) is 17.9 Å². The van der Waals surface area contributed by atoms with Gasteiger partial charge in [-0.05, 0) is 39.7 Å². The van der Waals surface area contributed by atoms with Crippen LogP contribution < -0.4 is 5.32 Å². The van der Waals surface area contributed by atoms with Crippen molar-refractivity contribution in [3.05, 3.63) is 48.3 Å². The van der Waals surface area contributed by atoms with Crippen LogP contribution in [0.25, 0.3) is 5.95 Å². The molecule has 11 nitrogen and oxygen atoms in total. The van der Waals surface area contributed by atoms with E-state index in [1.54, 1.807) is 29.6 Å². The molecule has 0 bridgehead atoms. The van der Waals surface area contributed by atoms with Gasteiger partial charge < -0.3 is 15.0 Å². The van der Waals surface area contributed by atoms with Gasteiger partial charge >= 0.3 is 6.09 Å². The molecule has 0 aliphatic carbocycles. The molecule has 0 saturated carbocycles. The third-order valence-corrected chi connectivity index (χ3v) is 4.99. The first kappa shape index (κ1) is 21.5. The largest absolute Gasteiger partial charge is 0.444 e. The predicted octanol–water partition coefficient (Wildman–Crippen LogP) is 2.75. The number of piperidine rings is 1. The van der Waals surface area contributed by atoms with Crippen molar-refractivity contribution in [1.29, 1.82) is 0 Å². The lowest BCUT2D eigenvalue weighted by Gasteiger charge is -2.34. The molecular weight excluding hydrogens is 412 g/mol. The Morgan fingerprint density at radius 2 is 2.00 bits per heavy atom. The van der Waals surface area contributed by atoms with Crippen LogP contribution in [0.1, 0.15) is 55.6 Å². The molecule has 2 amide bonds. The Bertz CT molecular complexity index is 1090. The van der Waals surface area contributed by atoms with Gasteiger partial charge in [0.15, 0.2) is 0 Å². The van der Waals surface area contributed by atoms with Gasteiger partial charge in [0.1, 0.15) is 5.60 Å². The van der Waals surface area contributed by atoms with E-state index in [0.29, 0.717) is 36.0 Å². The average Bonchev–Trinajstić information content (AvgIpc) is 3.43. The van der Waals surface area contributed by atoms with Gasteiger partial charge in [-0.3, -0.25) is 9.89 Å². The quantitative estimate of drug-likeness (QED) is 0.640. The summed E-state index contributed by atoms with van der Waals surface area (Å²) in [6.45, 7) is 6.61. The fourth-order valence-corrected chi connectivity index (χ4v) is 3.60. The Balaban J connectivity index is 1.45. The van der Waals surface area contributed by atoms with Crippen molar-refractivity contribution in [2.75, 3.05) is 18.4 Å². The van der Waals surface area contributed by atoms with Crippen molar-refractivity contribution >= 4 is 17.7 Å². The van der Waals surface area contributed by atoms with Crippen LogP contribution >= 0.6 is 0 Å². The minimum atomic E-state index is -0.557. The van der Waals surface area contributed by atoms with Crippen molar-refractivity contribution in [3.8, 4) is 5.95 Å². The number of amides is 2. The molecule has 32 heavy (non-hydrogen) atoms. The van der Waals surface area contributed by atoms with Gasteiger partial charge in [-0.2, -0.15) is 10.2 Å². The van der Waals surface area contributed by atoms with Crippen molar-refractivity contribution in [3.63, 3.8) is 0 Å². The Morgan fingerprint density at radius 1 is 1.22 bits per heavy atom. The number of aromatic nitrogens is 6. The maximum Gasteiger partial charge on any atom is 0.410 e. The van der Waals surface area contributed by atoms with Gasteiger partial charge in [-0.15, -0.1) is 0 Å². The molecule has 0 radical (unpaired) electrons. The Hall–Kier alpha value is -3.76. The first-order chi connectivity index (χ1) is 15.3. The number of rotatable bonds is 4. The van der Waals surface area contributed by atoms with Crippen LogP contribution in [0, 0.1) is 0 Å². The van der Waals surface area contributed by atoms with E-state index >= 15 is 0 Å². The van der Waals surface area contributed by atoms with Crippen LogP contribution in [-0.2, 0) is 4.74 Å². The molecule has 168 valence electrons. The average molecular weight is 438 g/mol. The maximum absolute atomic E-state index is 12.9. The number of carbonyl (C=O) groups is 2. The predicted molar refractivity (Wildman–Crippen MR) is 115 cm³/mol. The fraction of sp³-hybridized carbons (Fsp3) is 0.429. The molecule has 3 aromatic rings. The van der Waals surface area contributed by atoms with Gasteiger partial charge in [0, 0.05) is 31.4 Å². The first-order valence-electron chi connectivity index (χ1n) is 10.4. The summed E-state index contributed by atoms with van der Waals surface area (Å²) in [5.41, 5.74) is 1.09. The molecule has 11 heteroatoms. The van der Waals surface area contributed by atoms with E-state index in [1.165, 1.54) is 17.1 Å². The summed E-state index contributed by atoms with van der Waals surface area (Å²) in [5.74, 6) is 0.0538. The third-order valence-electron chi connectivity index (χ3n) is 4.99. The summed E-state index contributed by atoms with van der Waals surface area (Å²) in [7, 11) is 0. The zero-order valence-corrected chi connectivity index (χ0v) is 18.3. The van der Waals surface area contributed by atoms with Crippen LogP contribution in [0.2, 0.25) is 0 Å². The molecule has 1 fully saturated rings. The summed E-state index contributed by atoms with van der Waals surface area (Å²) >= 11 is 0. The molecule has 1 aliphatic rings. The first-order valence-corrected chi connectivity index (χ1v) is 10.4. The summed E-state index contributed by atoms with van der Waals surface area (Å²) in [4.78, 5) is 35.4. The van der Waals surface area contributed by atoms with Crippen LogP contribution in [0.4, 0.5) is 10.5 Å². The van der Waals surface area contributed by atoms with Crippen molar-refractivity contribution in [2.24, 2.45) is 0 Å². The maximum atomic E-state index is 12.9. The number of nitrogens with zero attached hydrogens (tertiary/aromatic N) is 6. The number of ether oxygens (including phenoxy) is 1. The summed E-state index contributed by atoms with van der Waals surface area (Å²) in [6.07, 6.45) is 9.20. The molecule has 0 spiro atoms. The van der Waals surface area contributed by atoms with Crippen molar-refractivity contribution in [1.82, 2.24) is 34.8 Å². The van der Waals surface area contributed by atoms with Crippen LogP contribution in [-0.4, -0.2) is 65.5 Å². The number of carbonyl (C=O) groups excluding carboxylic acids is 2. The Morgan fingerprint density at radius 3 is 2.75 bits per heavy atom. The van der Waals surface area contributed by atoms with E-state index in [4.69, 9.17) is 4.74 Å². The third kappa shape index (κ3) is 4.93. The number of H-pyrrole nitrogens is 1. The van der Waals surface area contributed by atoms with Crippen molar-refractivity contribution in [2.45, 2.75) is 45.1 Å². The zero-order valence-electron chi connectivity index (χ0n) is 18.3. The Kier molecular flexibility index (Phi) is 5.89. The fourth-order valence-electron chi connectivity index (χ4n) is 3.60. The molecule has 1 aliphatic heterocycles. The molecule has 1 atom stereocenters. The second kappa shape index (κ2) is 8.77. The lowest BCUT2D eigenvalue weighted by Crippen LogP contribution is -2.42. The number of aromatic amines is 1. The molecule has 1 saturated heterocycles. The molecular formula is C21H26N8O3. The summed E-state index contributed by atoms with van der Waals surface area (Å²) in [6, 6.07) is 1.71. The second-order valence-electron chi connectivity index (χ2n) is 8.64. The monoisotopic (exact) mass is 438 g/mol. The number of nitrogens with one attached hydrogen (secondary N) is 2. The number of hydrogen-bond donors (Lipinski definition) is 2. The van der Waals surface area contributed by atoms with Crippen LogP contribution in [0.5, 0.6) is 0 Å². The zero-order chi connectivity index (χ0) is 22.7. The minimum absolute atomic E-state index is 0.0417. The highest BCUT2D eigenvalue weighted by Gasteiger charge is 2.31. The normalized spacial score (nSPS) is 16.6. The standard InChI is InChI=1S/C21H26N8O3/c1-21(2,3)32-20(31)28-9-4-6-14(12-28)17-16(11-24-27-17)18(30)26-15-10-25-29(13-15)19-22-7-5-8-23-19/h5,7-8,10-11,13-14H,4,6,9,12H2,1-3H3,(H,24,27)(H,26,30). The van der Waals surface area contributed by atoms with E-state index in [1.807, 2.05) is 20.8 Å². The van der Waals surface area contributed by atoms with Gasteiger partial charge in [-0.1, -0.05) is 0 Å². The SMILES string of the molecule is CC(C)(C)OC(=O)N1CCCC(c2[nH]ncc2C(=O)Nc2cnn(-c3ncccn3)c2)C1. The van der Waals surface area contributed by atoms with E-state index in [9.17, 15) is 9.59 Å². The van der Waals surface area contributed by atoms with E-state index in [0.717, 1.165) is 12.8 Å². The molecule has 4 heterocycles. The highest BCUT2D eigenvalue weighted by Crippen LogP contribution is 2.29. The van der Waals surface area contributed by atoms with Gasteiger partial charge in [0.05, 0.1) is 35.5 Å². The Labute approximate surface area is 185 Å². The van der Waals surface area contributed by atoms with Crippen LogP contribution in [0.3, 0.4) is 0 Å². The summed E-state index contributed by atoms with van der Waals surface area (Å²) in [5, 5.41) is 14.1. The van der Waals surface area contributed by atoms with Gasteiger partial charge in [-0.25, -0.2) is 19.4 Å². The smallest absolute Gasteiger partial charge is 0.410 e. The highest BCUT2D eigenvalue weighted by atomic mass is 16.6. The number of hydrogen-bond acceptors (Lipinski definition) is 7. The topological polar surface area (TPSA) is 131 Å². The summed E-state index contributed by atoms with van der Waals surface area (Å²) < 4.78 is 6.98. The molecule has 2 N–H and O–H groups in total. The molecule has 3 aromatic heterocycles. The van der Waals surface area contributed by atoms with Gasteiger partial charge in [0.25, 0.3) is 5.91 Å². The minimum Gasteiger partial charge on any atom is -0.444 e. The van der Waals surface area contributed by atoms with E-state index in [2.05, 4.69) is 30.6 Å². The molecule has 0 aromatic carbocycles. The highest BCUT2D eigenvalue weighted by molar-refractivity contribution is 6.04.